The predicted octanol–water partition coefficient (Wildman–Crippen LogP) is 4.11. The molecule has 118 valence electrons. The van der Waals surface area contributed by atoms with Gasteiger partial charge in [-0.25, -0.2) is 0 Å². The molecule has 1 aromatic carbocycles. The number of carbonyl (C=O) groups is 1. The zero-order valence-corrected chi connectivity index (χ0v) is 14.0. The second kappa shape index (κ2) is 6.93. The van der Waals surface area contributed by atoms with Crippen LogP contribution in [0.3, 0.4) is 0 Å². The Labute approximate surface area is 142 Å². The van der Waals surface area contributed by atoms with Crippen LogP contribution in [-0.4, -0.2) is 27.5 Å². The third-order valence-corrected chi connectivity index (χ3v) is 4.41. The van der Waals surface area contributed by atoms with E-state index in [4.69, 9.17) is 16.1 Å². The van der Waals surface area contributed by atoms with Crippen molar-refractivity contribution in [3.63, 3.8) is 0 Å². The van der Waals surface area contributed by atoms with Crippen molar-refractivity contribution >= 4 is 28.8 Å². The molecule has 0 saturated heterocycles. The summed E-state index contributed by atoms with van der Waals surface area (Å²) in [5, 5.41) is 6.51. The largest absolute Gasteiger partial charge is 0.337 e. The summed E-state index contributed by atoms with van der Waals surface area (Å²) in [6.07, 6.45) is 0. The summed E-state index contributed by atoms with van der Waals surface area (Å²) in [5.74, 6) is 0.864. The molecular formula is C16H14ClN3O2S. The Kier molecular flexibility index (Phi) is 4.73. The minimum absolute atomic E-state index is 0.0972. The molecule has 0 spiro atoms. The highest BCUT2D eigenvalue weighted by Gasteiger charge is 2.18. The number of halogens is 1. The van der Waals surface area contributed by atoms with Crippen LogP contribution < -0.4 is 0 Å². The van der Waals surface area contributed by atoms with Crippen LogP contribution in [0.1, 0.15) is 23.2 Å². The first-order valence-corrected chi connectivity index (χ1v) is 8.34. The van der Waals surface area contributed by atoms with Crippen molar-refractivity contribution in [2.75, 3.05) is 6.54 Å². The van der Waals surface area contributed by atoms with Crippen molar-refractivity contribution in [3.05, 3.63) is 58.3 Å². The van der Waals surface area contributed by atoms with Crippen molar-refractivity contribution in [2.45, 2.75) is 13.5 Å². The maximum atomic E-state index is 12.5. The summed E-state index contributed by atoms with van der Waals surface area (Å²) in [6.45, 7) is 2.72. The molecule has 0 unspecified atom stereocenters. The van der Waals surface area contributed by atoms with Crippen LogP contribution in [0.2, 0.25) is 5.02 Å². The maximum Gasteiger partial charge on any atom is 0.254 e. The number of nitrogens with zero attached hydrogens (tertiary/aromatic N) is 3. The fourth-order valence-electron chi connectivity index (χ4n) is 2.09. The Morgan fingerprint density at radius 3 is 2.74 bits per heavy atom. The van der Waals surface area contributed by atoms with Crippen molar-refractivity contribution in [1.82, 2.24) is 15.0 Å². The number of benzene rings is 1. The van der Waals surface area contributed by atoms with Crippen LogP contribution in [0.5, 0.6) is 0 Å². The lowest BCUT2D eigenvalue weighted by molar-refractivity contribution is 0.0734. The number of rotatable bonds is 5. The minimum atomic E-state index is -0.0972. The second-order valence-corrected chi connectivity index (χ2v) is 6.20. The Hall–Kier alpha value is -2.18. The molecule has 0 saturated carbocycles. The molecule has 2 heterocycles. The Balaban J connectivity index is 1.74. The molecule has 23 heavy (non-hydrogen) atoms. The van der Waals surface area contributed by atoms with Gasteiger partial charge in [0.1, 0.15) is 6.54 Å². The lowest BCUT2D eigenvalue weighted by Crippen LogP contribution is -2.30. The van der Waals surface area contributed by atoms with Crippen molar-refractivity contribution in [2.24, 2.45) is 0 Å². The van der Waals surface area contributed by atoms with Crippen molar-refractivity contribution in [1.29, 1.82) is 0 Å². The standard InChI is InChI=1S/C16H14ClN3O2S/c1-2-20(16(21)11-5-7-12(17)8-6-11)10-14-18-15(19-22-14)13-4-3-9-23-13/h3-9H,2,10H2,1H3. The van der Waals surface area contributed by atoms with E-state index in [1.807, 2.05) is 24.4 Å². The molecule has 2 aromatic heterocycles. The molecular weight excluding hydrogens is 334 g/mol. The Morgan fingerprint density at radius 1 is 1.30 bits per heavy atom. The van der Waals surface area contributed by atoms with Crippen molar-refractivity contribution < 1.29 is 9.32 Å². The van der Waals surface area contributed by atoms with Crippen LogP contribution in [-0.2, 0) is 6.54 Å². The summed E-state index contributed by atoms with van der Waals surface area (Å²) in [5.41, 5.74) is 0.578. The average molecular weight is 348 g/mol. The van der Waals surface area contributed by atoms with Crippen LogP contribution in [0, 0.1) is 0 Å². The number of hydrogen-bond acceptors (Lipinski definition) is 5. The van der Waals surface area contributed by atoms with Gasteiger partial charge in [-0.1, -0.05) is 22.8 Å². The van der Waals surface area contributed by atoms with Crippen LogP contribution in [0.4, 0.5) is 0 Å². The van der Waals surface area contributed by atoms with E-state index < -0.39 is 0 Å². The number of hydrogen-bond donors (Lipinski definition) is 0. The molecule has 3 aromatic rings. The lowest BCUT2D eigenvalue weighted by Gasteiger charge is -2.18. The highest BCUT2D eigenvalue weighted by molar-refractivity contribution is 7.13. The third-order valence-electron chi connectivity index (χ3n) is 3.30. The van der Waals surface area contributed by atoms with E-state index in [-0.39, 0.29) is 12.5 Å². The molecule has 0 aliphatic heterocycles. The molecule has 5 nitrogen and oxygen atoms in total. The summed E-state index contributed by atoms with van der Waals surface area (Å²) >= 11 is 7.39. The van der Waals surface area contributed by atoms with Gasteiger partial charge in [0.25, 0.3) is 5.91 Å². The topological polar surface area (TPSA) is 59.2 Å². The van der Waals surface area contributed by atoms with Crippen molar-refractivity contribution in [3.8, 4) is 10.7 Å². The smallest absolute Gasteiger partial charge is 0.254 e. The monoisotopic (exact) mass is 347 g/mol. The van der Waals surface area contributed by atoms with E-state index in [0.29, 0.717) is 28.8 Å². The van der Waals surface area contributed by atoms with Crippen LogP contribution in [0.15, 0.2) is 46.3 Å². The average Bonchev–Trinajstić information content (AvgIpc) is 3.24. The fraction of sp³-hybridized carbons (Fsp3) is 0.188. The summed E-state index contributed by atoms with van der Waals surface area (Å²) in [4.78, 5) is 19.5. The molecule has 1 amide bonds. The molecule has 0 radical (unpaired) electrons. The van der Waals surface area contributed by atoms with Gasteiger partial charge in [0, 0.05) is 17.1 Å². The molecule has 7 heteroatoms. The van der Waals surface area contributed by atoms with E-state index in [1.54, 1.807) is 40.5 Å². The fourth-order valence-corrected chi connectivity index (χ4v) is 2.87. The van der Waals surface area contributed by atoms with E-state index in [2.05, 4.69) is 10.1 Å². The Bertz CT molecular complexity index is 784. The number of amides is 1. The van der Waals surface area contributed by atoms with Crippen LogP contribution in [0.25, 0.3) is 10.7 Å². The first-order chi connectivity index (χ1) is 11.2. The zero-order valence-electron chi connectivity index (χ0n) is 12.4. The van der Waals surface area contributed by atoms with Gasteiger partial charge in [-0.05, 0) is 42.6 Å². The number of thiophene rings is 1. The van der Waals surface area contributed by atoms with Gasteiger partial charge < -0.3 is 9.42 Å². The first-order valence-electron chi connectivity index (χ1n) is 7.08. The van der Waals surface area contributed by atoms with Gasteiger partial charge in [-0.2, -0.15) is 4.98 Å². The lowest BCUT2D eigenvalue weighted by atomic mass is 10.2. The van der Waals surface area contributed by atoms with E-state index in [9.17, 15) is 4.79 Å². The summed E-state index contributed by atoms with van der Waals surface area (Å²) in [6, 6.07) is 10.7. The molecule has 0 aliphatic carbocycles. The number of aromatic nitrogens is 2. The summed E-state index contributed by atoms with van der Waals surface area (Å²) in [7, 11) is 0. The molecule has 0 aliphatic rings. The molecule has 3 rings (SSSR count). The normalized spacial score (nSPS) is 10.7. The third kappa shape index (κ3) is 3.60. The quantitative estimate of drug-likeness (QED) is 0.696. The minimum Gasteiger partial charge on any atom is -0.337 e. The van der Waals surface area contributed by atoms with Gasteiger partial charge >= 0.3 is 0 Å². The van der Waals surface area contributed by atoms with Gasteiger partial charge in [-0.15, -0.1) is 11.3 Å². The molecule has 0 bridgehead atoms. The highest BCUT2D eigenvalue weighted by atomic mass is 35.5. The first kappa shape index (κ1) is 15.7. The van der Waals surface area contributed by atoms with E-state index >= 15 is 0 Å². The summed E-state index contributed by atoms with van der Waals surface area (Å²) < 4.78 is 5.26. The SMILES string of the molecule is CCN(Cc1nc(-c2cccs2)no1)C(=O)c1ccc(Cl)cc1. The Morgan fingerprint density at radius 2 is 2.09 bits per heavy atom. The van der Waals surface area contributed by atoms with Gasteiger partial charge in [0.2, 0.25) is 11.7 Å². The molecule has 0 N–H and O–H groups in total. The van der Waals surface area contributed by atoms with Gasteiger partial charge in [0.05, 0.1) is 4.88 Å². The maximum absolute atomic E-state index is 12.5. The second-order valence-electron chi connectivity index (χ2n) is 4.82. The van der Waals surface area contributed by atoms with Gasteiger partial charge in [0.15, 0.2) is 0 Å². The molecule has 0 atom stereocenters. The van der Waals surface area contributed by atoms with Crippen LogP contribution >= 0.6 is 22.9 Å². The van der Waals surface area contributed by atoms with E-state index in [1.165, 1.54) is 0 Å². The predicted molar refractivity (Wildman–Crippen MR) is 89.5 cm³/mol. The zero-order chi connectivity index (χ0) is 16.2. The molecule has 0 fully saturated rings. The highest BCUT2D eigenvalue weighted by Crippen LogP contribution is 2.22. The van der Waals surface area contributed by atoms with E-state index in [0.717, 1.165) is 4.88 Å². The van der Waals surface area contributed by atoms with Gasteiger partial charge in [-0.3, -0.25) is 4.79 Å². The number of carbonyl (C=O) groups excluding carboxylic acids is 1.